The van der Waals surface area contributed by atoms with Gasteiger partial charge in [0.25, 0.3) is 11.7 Å². The van der Waals surface area contributed by atoms with E-state index in [0.717, 1.165) is 31.5 Å². The lowest BCUT2D eigenvalue weighted by molar-refractivity contribution is 0.0702. The van der Waals surface area contributed by atoms with Gasteiger partial charge in [0.2, 0.25) is 5.82 Å². The van der Waals surface area contributed by atoms with Crippen LogP contribution in [0.3, 0.4) is 0 Å². The molecule has 0 aliphatic carbocycles. The van der Waals surface area contributed by atoms with Crippen molar-refractivity contribution >= 4 is 11.7 Å². The fraction of sp³-hybridized carbons (Fsp3) is 0.400. The lowest BCUT2D eigenvalue weighted by Gasteiger charge is -2.31. The summed E-state index contributed by atoms with van der Waals surface area (Å²) in [6.45, 7) is 4.88. The first kappa shape index (κ1) is 16.7. The van der Waals surface area contributed by atoms with Crippen molar-refractivity contribution in [1.82, 2.24) is 24.5 Å². The molecule has 2 aromatic heterocycles. The normalized spacial score (nSPS) is 18.4. The Kier molecular flexibility index (Phi) is 4.41. The van der Waals surface area contributed by atoms with Gasteiger partial charge in [0, 0.05) is 30.4 Å². The Bertz CT molecular complexity index is 920. The second-order valence-corrected chi connectivity index (χ2v) is 6.87. The van der Waals surface area contributed by atoms with Crippen molar-refractivity contribution in [1.29, 1.82) is 0 Å². The topological polar surface area (TPSA) is 63.4 Å². The van der Waals surface area contributed by atoms with Crippen LogP contribution >= 0.6 is 0 Å². The van der Waals surface area contributed by atoms with E-state index in [1.165, 1.54) is 5.56 Å². The third-order valence-corrected chi connectivity index (χ3v) is 5.31. The average Bonchev–Trinajstić information content (AvgIpc) is 3.31. The molecule has 0 radical (unpaired) electrons. The van der Waals surface area contributed by atoms with Gasteiger partial charge >= 0.3 is 0 Å². The summed E-state index contributed by atoms with van der Waals surface area (Å²) in [4.78, 5) is 23.7. The molecule has 0 spiro atoms. The van der Waals surface area contributed by atoms with Gasteiger partial charge in [-0.25, -0.2) is 9.50 Å². The smallest absolute Gasteiger partial charge is 0.293 e. The van der Waals surface area contributed by atoms with Crippen molar-refractivity contribution in [3.63, 3.8) is 0 Å². The maximum absolute atomic E-state index is 13.1. The highest BCUT2D eigenvalue weighted by molar-refractivity contribution is 5.91. The van der Waals surface area contributed by atoms with E-state index in [-0.39, 0.29) is 17.8 Å². The SMILES string of the molecule is CC[C@H](c1ccccc1)[C@@H]1CCCN1C(=O)c1nc2nccc(C)n2n1. The molecular formula is C20H23N5O. The van der Waals surface area contributed by atoms with Crippen LogP contribution in [0, 0.1) is 6.92 Å². The molecule has 0 unspecified atom stereocenters. The molecule has 1 saturated heterocycles. The van der Waals surface area contributed by atoms with E-state index in [0.29, 0.717) is 11.7 Å². The summed E-state index contributed by atoms with van der Waals surface area (Å²) >= 11 is 0. The first-order valence-electron chi connectivity index (χ1n) is 9.23. The highest BCUT2D eigenvalue weighted by atomic mass is 16.2. The minimum Gasteiger partial charge on any atom is -0.332 e. The molecule has 2 atom stereocenters. The summed E-state index contributed by atoms with van der Waals surface area (Å²) in [5.74, 6) is 0.951. The number of amides is 1. The zero-order valence-corrected chi connectivity index (χ0v) is 15.2. The first-order valence-corrected chi connectivity index (χ1v) is 9.23. The number of benzene rings is 1. The van der Waals surface area contributed by atoms with Crippen molar-refractivity contribution in [3.8, 4) is 0 Å². The van der Waals surface area contributed by atoms with Crippen LogP contribution in [0.5, 0.6) is 0 Å². The van der Waals surface area contributed by atoms with Crippen LogP contribution in [0.25, 0.3) is 5.78 Å². The first-order chi connectivity index (χ1) is 12.7. The predicted octanol–water partition coefficient (Wildman–Crippen LogP) is 3.23. The van der Waals surface area contributed by atoms with Gasteiger partial charge < -0.3 is 4.90 Å². The van der Waals surface area contributed by atoms with Gasteiger partial charge in [-0.15, -0.1) is 5.10 Å². The Labute approximate surface area is 152 Å². The molecule has 0 N–H and O–H groups in total. The molecule has 6 heteroatoms. The van der Waals surface area contributed by atoms with Crippen molar-refractivity contribution < 1.29 is 4.79 Å². The number of carbonyl (C=O) groups is 1. The monoisotopic (exact) mass is 349 g/mol. The molecule has 1 aliphatic rings. The van der Waals surface area contributed by atoms with Crippen molar-refractivity contribution in [3.05, 3.63) is 59.7 Å². The molecule has 1 amide bonds. The average molecular weight is 349 g/mol. The van der Waals surface area contributed by atoms with Gasteiger partial charge in [-0.1, -0.05) is 37.3 Å². The highest BCUT2D eigenvalue weighted by Crippen LogP contribution is 2.34. The molecule has 0 saturated carbocycles. The van der Waals surface area contributed by atoms with Crippen molar-refractivity contribution in [2.24, 2.45) is 0 Å². The molecule has 1 aliphatic heterocycles. The Morgan fingerprint density at radius 3 is 2.81 bits per heavy atom. The number of fused-ring (bicyclic) bond motifs is 1. The number of rotatable bonds is 4. The molecule has 3 heterocycles. The van der Waals surface area contributed by atoms with E-state index >= 15 is 0 Å². The zero-order chi connectivity index (χ0) is 18.1. The number of carbonyl (C=O) groups excluding carboxylic acids is 1. The molecular weight excluding hydrogens is 326 g/mol. The van der Waals surface area contributed by atoms with Gasteiger partial charge in [-0.05, 0) is 37.8 Å². The lowest BCUT2D eigenvalue weighted by Crippen LogP contribution is -2.39. The Morgan fingerprint density at radius 1 is 1.27 bits per heavy atom. The lowest BCUT2D eigenvalue weighted by atomic mass is 9.87. The van der Waals surface area contributed by atoms with E-state index in [1.807, 2.05) is 24.0 Å². The van der Waals surface area contributed by atoms with Crippen molar-refractivity contribution in [2.75, 3.05) is 6.54 Å². The van der Waals surface area contributed by atoms with Crippen LogP contribution in [0.4, 0.5) is 0 Å². The Hall–Kier alpha value is -2.76. The maximum atomic E-state index is 13.1. The fourth-order valence-corrected chi connectivity index (χ4v) is 4.02. The molecule has 3 aromatic rings. The van der Waals surface area contributed by atoms with E-state index in [2.05, 4.69) is 46.3 Å². The third kappa shape index (κ3) is 2.85. The number of aromatic nitrogens is 4. The van der Waals surface area contributed by atoms with E-state index in [9.17, 15) is 4.79 Å². The van der Waals surface area contributed by atoms with Crippen LogP contribution in [-0.2, 0) is 0 Å². The number of hydrogen-bond acceptors (Lipinski definition) is 4. The van der Waals surface area contributed by atoms with Crippen LogP contribution in [0.2, 0.25) is 0 Å². The van der Waals surface area contributed by atoms with Crippen LogP contribution in [0.1, 0.15) is 54.0 Å². The summed E-state index contributed by atoms with van der Waals surface area (Å²) in [6, 6.07) is 12.5. The molecule has 26 heavy (non-hydrogen) atoms. The third-order valence-electron chi connectivity index (χ3n) is 5.31. The summed E-state index contributed by atoms with van der Waals surface area (Å²) in [5.41, 5.74) is 2.20. The standard InChI is InChI=1S/C20H23N5O/c1-3-16(15-8-5-4-6-9-15)17-10-7-13-24(17)19(26)18-22-20-21-12-11-14(2)25(20)23-18/h4-6,8-9,11-12,16-17H,3,7,10,13H2,1-2H3/t16-,17+/m1/s1. The summed E-state index contributed by atoms with van der Waals surface area (Å²) in [7, 11) is 0. The second-order valence-electron chi connectivity index (χ2n) is 6.87. The quantitative estimate of drug-likeness (QED) is 0.725. The van der Waals surface area contributed by atoms with Crippen LogP contribution in [-0.4, -0.2) is 43.0 Å². The largest absolute Gasteiger partial charge is 0.332 e. The maximum Gasteiger partial charge on any atom is 0.293 e. The van der Waals surface area contributed by atoms with E-state index in [1.54, 1.807) is 10.7 Å². The molecule has 1 aromatic carbocycles. The zero-order valence-electron chi connectivity index (χ0n) is 15.2. The summed E-state index contributed by atoms with van der Waals surface area (Å²) < 4.78 is 1.63. The van der Waals surface area contributed by atoms with Gasteiger partial charge in [-0.3, -0.25) is 4.79 Å². The number of hydrogen-bond donors (Lipinski definition) is 0. The van der Waals surface area contributed by atoms with Crippen LogP contribution in [0.15, 0.2) is 42.6 Å². The minimum absolute atomic E-state index is 0.0909. The summed E-state index contributed by atoms with van der Waals surface area (Å²) in [5, 5.41) is 4.40. The molecule has 6 nitrogen and oxygen atoms in total. The van der Waals surface area contributed by atoms with Gasteiger partial charge in [0.15, 0.2) is 0 Å². The van der Waals surface area contributed by atoms with Gasteiger partial charge in [0.1, 0.15) is 0 Å². The minimum atomic E-state index is -0.0909. The van der Waals surface area contributed by atoms with E-state index in [4.69, 9.17) is 0 Å². The summed E-state index contributed by atoms with van der Waals surface area (Å²) in [6.07, 6.45) is 4.72. The Balaban J connectivity index is 1.64. The molecule has 1 fully saturated rings. The molecule has 134 valence electrons. The molecule has 0 bridgehead atoms. The highest BCUT2D eigenvalue weighted by Gasteiger charge is 2.36. The second kappa shape index (κ2) is 6.86. The Morgan fingerprint density at radius 2 is 2.08 bits per heavy atom. The fourth-order valence-electron chi connectivity index (χ4n) is 4.02. The molecule has 4 rings (SSSR count). The van der Waals surface area contributed by atoms with Crippen LogP contribution < -0.4 is 0 Å². The number of nitrogens with zero attached hydrogens (tertiary/aromatic N) is 5. The predicted molar refractivity (Wildman–Crippen MR) is 99.1 cm³/mol. The van der Waals surface area contributed by atoms with Gasteiger partial charge in [-0.2, -0.15) is 4.98 Å². The number of aryl methyl sites for hydroxylation is 1. The van der Waals surface area contributed by atoms with E-state index < -0.39 is 0 Å². The van der Waals surface area contributed by atoms with Crippen molar-refractivity contribution in [2.45, 2.75) is 45.1 Å². The number of likely N-dealkylation sites (tertiary alicyclic amines) is 1. The van der Waals surface area contributed by atoms with Gasteiger partial charge in [0.05, 0.1) is 0 Å².